The predicted octanol–water partition coefficient (Wildman–Crippen LogP) is 5.32. The summed E-state index contributed by atoms with van der Waals surface area (Å²) in [6.07, 6.45) is 5.88. The van der Waals surface area contributed by atoms with Gasteiger partial charge >= 0.3 is 0 Å². The van der Waals surface area contributed by atoms with Crippen molar-refractivity contribution in [3.05, 3.63) is 33.8 Å². The summed E-state index contributed by atoms with van der Waals surface area (Å²) in [5.41, 5.74) is 0.932. The van der Waals surface area contributed by atoms with Gasteiger partial charge in [0.1, 0.15) is 5.78 Å². The maximum atomic E-state index is 12.1. The highest BCUT2D eigenvalue weighted by molar-refractivity contribution is 6.36. The highest BCUT2D eigenvalue weighted by Gasteiger charge is 2.29. The smallest absolute Gasteiger partial charge is 0.136 e. The number of rotatable bonds is 4. The van der Waals surface area contributed by atoms with Gasteiger partial charge in [-0.3, -0.25) is 4.79 Å². The predicted molar refractivity (Wildman–Crippen MR) is 80.9 cm³/mol. The van der Waals surface area contributed by atoms with Crippen LogP contribution in [0.25, 0.3) is 0 Å². The fraction of sp³-hybridized carbons (Fsp3) is 0.562. The van der Waals surface area contributed by atoms with Crippen LogP contribution in [0.2, 0.25) is 10.0 Å². The van der Waals surface area contributed by atoms with Crippen LogP contribution >= 0.6 is 23.2 Å². The molecule has 0 bridgehead atoms. The van der Waals surface area contributed by atoms with E-state index in [2.05, 4.69) is 6.92 Å². The van der Waals surface area contributed by atoms with Crippen molar-refractivity contribution in [2.24, 2.45) is 11.8 Å². The first-order valence-electron chi connectivity index (χ1n) is 7.07. The molecule has 0 radical (unpaired) electrons. The zero-order valence-electron chi connectivity index (χ0n) is 11.3. The highest BCUT2D eigenvalue weighted by Crippen LogP contribution is 2.35. The number of carbonyl (C=O) groups is 1. The van der Waals surface area contributed by atoms with Crippen molar-refractivity contribution in [1.29, 1.82) is 0 Å². The molecule has 0 spiro atoms. The van der Waals surface area contributed by atoms with Gasteiger partial charge in [0.05, 0.1) is 0 Å². The fourth-order valence-electron chi connectivity index (χ4n) is 3.04. The molecule has 1 fully saturated rings. The summed E-state index contributed by atoms with van der Waals surface area (Å²) in [4.78, 5) is 12.1. The number of carbonyl (C=O) groups excluding carboxylic acids is 1. The molecule has 2 rings (SSSR count). The lowest BCUT2D eigenvalue weighted by atomic mass is 9.76. The van der Waals surface area contributed by atoms with Crippen LogP contribution in [0.5, 0.6) is 0 Å². The van der Waals surface area contributed by atoms with Crippen LogP contribution in [-0.2, 0) is 11.2 Å². The van der Waals surface area contributed by atoms with E-state index in [1.54, 1.807) is 0 Å². The largest absolute Gasteiger partial charge is 0.299 e. The Hall–Kier alpha value is -0.530. The molecule has 3 heteroatoms. The molecule has 0 amide bonds. The lowest BCUT2D eigenvalue weighted by Gasteiger charge is -2.28. The summed E-state index contributed by atoms with van der Waals surface area (Å²) in [5.74, 6) is 1.17. The van der Waals surface area contributed by atoms with Crippen molar-refractivity contribution in [3.8, 4) is 0 Å². The molecule has 2 atom stereocenters. The molecule has 0 heterocycles. The quantitative estimate of drug-likeness (QED) is 0.735. The third kappa shape index (κ3) is 3.73. The van der Waals surface area contributed by atoms with Gasteiger partial charge in [0.15, 0.2) is 0 Å². The maximum absolute atomic E-state index is 12.1. The summed E-state index contributed by atoms with van der Waals surface area (Å²) < 4.78 is 0. The molecule has 1 saturated carbocycles. The second-order valence-electron chi connectivity index (χ2n) is 5.50. The second-order valence-corrected chi connectivity index (χ2v) is 6.31. The molecule has 1 aromatic rings. The Morgan fingerprint density at radius 3 is 2.58 bits per heavy atom. The minimum Gasteiger partial charge on any atom is -0.299 e. The number of hydrogen-bond acceptors (Lipinski definition) is 1. The minimum absolute atomic E-state index is 0.0997. The van der Waals surface area contributed by atoms with Crippen molar-refractivity contribution in [3.63, 3.8) is 0 Å². The molecule has 0 aliphatic heterocycles. The SMILES string of the molecule is CCCC1CCC(=O)C(Cc2c(Cl)cccc2Cl)C1. The molecular formula is C16H20Cl2O. The van der Waals surface area contributed by atoms with E-state index in [1.807, 2.05) is 18.2 Å². The molecule has 1 aliphatic rings. The van der Waals surface area contributed by atoms with Gasteiger partial charge in [-0.1, -0.05) is 49.0 Å². The molecule has 104 valence electrons. The van der Waals surface area contributed by atoms with E-state index >= 15 is 0 Å². The monoisotopic (exact) mass is 298 g/mol. The van der Waals surface area contributed by atoms with Crippen LogP contribution in [-0.4, -0.2) is 5.78 Å². The third-order valence-corrected chi connectivity index (χ3v) is 4.79. The van der Waals surface area contributed by atoms with Crippen molar-refractivity contribution >= 4 is 29.0 Å². The van der Waals surface area contributed by atoms with Crippen molar-refractivity contribution in [2.75, 3.05) is 0 Å². The van der Waals surface area contributed by atoms with Crippen molar-refractivity contribution in [2.45, 2.75) is 45.4 Å². The van der Waals surface area contributed by atoms with E-state index in [4.69, 9.17) is 23.2 Å². The first kappa shape index (κ1) is 14.9. The Morgan fingerprint density at radius 1 is 1.26 bits per heavy atom. The Balaban J connectivity index is 2.10. The first-order chi connectivity index (χ1) is 9.11. The molecule has 0 saturated heterocycles. The summed E-state index contributed by atoms with van der Waals surface area (Å²) >= 11 is 12.4. The van der Waals surface area contributed by atoms with Crippen LogP contribution in [0, 0.1) is 11.8 Å². The van der Waals surface area contributed by atoms with Gasteiger partial charge in [0, 0.05) is 22.4 Å². The lowest BCUT2D eigenvalue weighted by Crippen LogP contribution is -2.26. The molecular weight excluding hydrogens is 279 g/mol. The van der Waals surface area contributed by atoms with Gasteiger partial charge in [-0.2, -0.15) is 0 Å². The molecule has 2 unspecified atom stereocenters. The topological polar surface area (TPSA) is 17.1 Å². The van der Waals surface area contributed by atoms with Gasteiger partial charge in [0.25, 0.3) is 0 Å². The summed E-state index contributed by atoms with van der Waals surface area (Å²) in [6, 6.07) is 5.54. The Labute approximate surface area is 125 Å². The summed E-state index contributed by atoms with van der Waals surface area (Å²) in [7, 11) is 0. The van der Waals surface area contributed by atoms with E-state index in [9.17, 15) is 4.79 Å². The summed E-state index contributed by atoms with van der Waals surface area (Å²) in [5, 5.41) is 1.36. The Bertz CT molecular complexity index is 436. The molecule has 1 aliphatic carbocycles. The highest BCUT2D eigenvalue weighted by atomic mass is 35.5. The first-order valence-corrected chi connectivity index (χ1v) is 7.83. The van der Waals surface area contributed by atoms with Gasteiger partial charge in [-0.25, -0.2) is 0 Å². The molecule has 1 nitrogen and oxygen atoms in total. The van der Waals surface area contributed by atoms with E-state index in [0.717, 1.165) is 24.8 Å². The standard InChI is InChI=1S/C16H20Cl2O/c1-2-4-11-7-8-16(19)12(9-11)10-13-14(17)5-3-6-15(13)18/h3,5-6,11-12H,2,4,7-10H2,1H3. The second kappa shape index (κ2) is 6.76. The molecule has 1 aromatic carbocycles. The average molecular weight is 299 g/mol. The third-order valence-electron chi connectivity index (χ3n) is 4.08. The average Bonchev–Trinajstić information content (AvgIpc) is 2.38. The zero-order chi connectivity index (χ0) is 13.8. The van der Waals surface area contributed by atoms with E-state index in [0.29, 0.717) is 28.2 Å². The van der Waals surface area contributed by atoms with Gasteiger partial charge in [0.2, 0.25) is 0 Å². The van der Waals surface area contributed by atoms with Gasteiger partial charge in [-0.15, -0.1) is 0 Å². The van der Waals surface area contributed by atoms with E-state index in [-0.39, 0.29) is 5.92 Å². The Morgan fingerprint density at radius 2 is 1.95 bits per heavy atom. The number of benzene rings is 1. The van der Waals surface area contributed by atoms with Crippen LogP contribution < -0.4 is 0 Å². The van der Waals surface area contributed by atoms with Crippen molar-refractivity contribution < 1.29 is 4.79 Å². The Kier molecular flexibility index (Phi) is 5.29. The summed E-state index contributed by atoms with van der Waals surface area (Å²) in [6.45, 7) is 2.20. The molecule has 0 N–H and O–H groups in total. The normalized spacial score (nSPS) is 23.6. The zero-order valence-corrected chi connectivity index (χ0v) is 12.8. The molecule has 19 heavy (non-hydrogen) atoms. The van der Waals surface area contributed by atoms with E-state index in [1.165, 1.54) is 12.8 Å². The van der Waals surface area contributed by atoms with Crippen LogP contribution in [0.4, 0.5) is 0 Å². The van der Waals surface area contributed by atoms with Crippen LogP contribution in [0.15, 0.2) is 18.2 Å². The van der Waals surface area contributed by atoms with Gasteiger partial charge < -0.3 is 0 Å². The molecule has 0 aromatic heterocycles. The lowest BCUT2D eigenvalue weighted by molar-refractivity contribution is -0.125. The maximum Gasteiger partial charge on any atom is 0.136 e. The minimum atomic E-state index is 0.0997. The van der Waals surface area contributed by atoms with Gasteiger partial charge in [-0.05, 0) is 42.9 Å². The van der Waals surface area contributed by atoms with E-state index < -0.39 is 0 Å². The van der Waals surface area contributed by atoms with Crippen LogP contribution in [0.1, 0.15) is 44.6 Å². The number of hydrogen-bond donors (Lipinski definition) is 0. The van der Waals surface area contributed by atoms with Crippen LogP contribution in [0.3, 0.4) is 0 Å². The fourth-order valence-corrected chi connectivity index (χ4v) is 3.60. The number of Topliss-reactive ketones (excluding diaryl/α,β-unsaturated/α-hetero) is 1. The number of halogens is 2. The van der Waals surface area contributed by atoms with Crippen molar-refractivity contribution in [1.82, 2.24) is 0 Å². The number of ketones is 1.